The zero-order chi connectivity index (χ0) is 18.6. The summed E-state index contributed by atoms with van der Waals surface area (Å²) in [6.07, 6.45) is 14.1. The Bertz CT molecular complexity index is 970. The van der Waals surface area contributed by atoms with Crippen LogP contribution in [0.25, 0.3) is 10.9 Å². The molecule has 2 heterocycles. The molecule has 0 spiro atoms. The average molecular weight is 359 g/mol. The SMILES string of the molecule is NC(CC1=CNC2C=CC=CC12)C(=O)NN=Cc1cccc2cccnc12. The van der Waals surface area contributed by atoms with E-state index < -0.39 is 6.04 Å². The van der Waals surface area contributed by atoms with Gasteiger partial charge in [0.25, 0.3) is 5.91 Å². The molecule has 2 aromatic rings. The highest BCUT2D eigenvalue weighted by atomic mass is 16.2. The van der Waals surface area contributed by atoms with Crippen LogP contribution in [0.4, 0.5) is 0 Å². The predicted octanol–water partition coefficient (Wildman–Crippen LogP) is 2.00. The quantitative estimate of drug-likeness (QED) is 0.562. The van der Waals surface area contributed by atoms with Crippen molar-refractivity contribution in [2.75, 3.05) is 0 Å². The Labute approximate surface area is 157 Å². The number of nitrogens with one attached hydrogen (secondary N) is 2. The number of hydrogen-bond acceptors (Lipinski definition) is 5. The van der Waals surface area contributed by atoms with E-state index in [0.717, 1.165) is 22.0 Å². The lowest BCUT2D eigenvalue weighted by Gasteiger charge is -2.20. The van der Waals surface area contributed by atoms with Crippen molar-refractivity contribution in [1.82, 2.24) is 15.7 Å². The molecule has 0 fully saturated rings. The Morgan fingerprint density at radius 2 is 2.15 bits per heavy atom. The molecular formula is C21H21N5O. The molecule has 6 heteroatoms. The number of pyridine rings is 1. The molecule has 1 aliphatic carbocycles. The fraction of sp³-hybridized carbons (Fsp3) is 0.190. The maximum atomic E-state index is 12.3. The summed E-state index contributed by atoms with van der Waals surface area (Å²) in [7, 11) is 0. The Morgan fingerprint density at radius 1 is 1.30 bits per heavy atom. The van der Waals surface area contributed by atoms with Gasteiger partial charge < -0.3 is 11.1 Å². The van der Waals surface area contributed by atoms with E-state index in [4.69, 9.17) is 5.73 Å². The standard InChI is InChI=1S/C21H21N5O/c22-18(11-16-12-24-19-9-2-1-8-17(16)19)21(27)26-25-13-15-6-3-5-14-7-4-10-23-20(14)15/h1-10,12-13,17-19,24H,11,22H2,(H,26,27). The Balaban J connectivity index is 1.37. The van der Waals surface area contributed by atoms with E-state index in [9.17, 15) is 4.79 Å². The number of hydrazone groups is 1. The lowest BCUT2D eigenvalue weighted by molar-refractivity contribution is -0.122. The molecule has 1 aromatic heterocycles. The molecule has 27 heavy (non-hydrogen) atoms. The number of para-hydroxylation sites is 1. The highest BCUT2D eigenvalue weighted by Crippen LogP contribution is 2.28. The van der Waals surface area contributed by atoms with Crippen LogP contribution in [0, 0.1) is 5.92 Å². The normalized spacial score (nSPS) is 21.7. The average Bonchev–Trinajstić information content (AvgIpc) is 3.11. The van der Waals surface area contributed by atoms with Gasteiger partial charge in [-0.25, -0.2) is 5.43 Å². The summed E-state index contributed by atoms with van der Waals surface area (Å²) in [6.45, 7) is 0. The number of hydrogen-bond donors (Lipinski definition) is 3. The van der Waals surface area contributed by atoms with Crippen molar-refractivity contribution < 1.29 is 4.79 Å². The van der Waals surface area contributed by atoms with Crippen LogP contribution in [0.2, 0.25) is 0 Å². The lowest BCUT2D eigenvalue weighted by atomic mass is 9.88. The smallest absolute Gasteiger partial charge is 0.257 e. The van der Waals surface area contributed by atoms with Gasteiger partial charge in [0.05, 0.1) is 23.8 Å². The summed E-state index contributed by atoms with van der Waals surface area (Å²) in [4.78, 5) is 16.7. The van der Waals surface area contributed by atoms with Crippen molar-refractivity contribution in [2.45, 2.75) is 18.5 Å². The van der Waals surface area contributed by atoms with Crippen LogP contribution in [-0.4, -0.2) is 29.2 Å². The van der Waals surface area contributed by atoms with Crippen LogP contribution < -0.4 is 16.5 Å². The number of aromatic nitrogens is 1. The van der Waals surface area contributed by atoms with Crippen LogP contribution in [0.15, 0.2) is 77.7 Å². The Hall–Kier alpha value is -3.25. The minimum atomic E-state index is -0.654. The van der Waals surface area contributed by atoms with E-state index in [0.29, 0.717) is 6.42 Å². The van der Waals surface area contributed by atoms with Crippen molar-refractivity contribution in [3.8, 4) is 0 Å². The van der Waals surface area contributed by atoms with Crippen molar-refractivity contribution in [3.63, 3.8) is 0 Å². The molecule has 0 radical (unpaired) electrons. The van der Waals surface area contributed by atoms with Crippen molar-refractivity contribution >= 4 is 23.0 Å². The molecule has 1 aliphatic heterocycles. The molecule has 2 aliphatic rings. The zero-order valence-electron chi connectivity index (χ0n) is 14.7. The molecule has 0 bridgehead atoms. The summed E-state index contributed by atoms with van der Waals surface area (Å²) in [5, 5.41) is 8.40. The third-order valence-electron chi connectivity index (χ3n) is 4.86. The third kappa shape index (κ3) is 3.66. The van der Waals surface area contributed by atoms with E-state index in [1.807, 2.05) is 48.7 Å². The number of rotatable bonds is 5. The maximum Gasteiger partial charge on any atom is 0.257 e. The van der Waals surface area contributed by atoms with Gasteiger partial charge in [0, 0.05) is 23.1 Å². The van der Waals surface area contributed by atoms with Gasteiger partial charge in [-0.2, -0.15) is 5.10 Å². The third-order valence-corrected chi connectivity index (χ3v) is 4.86. The summed E-state index contributed by atoms with van der Waals surface area (Å²) >= 11 is 0. The number of nitrogens with two attached hydrogens (primary N) is 1. The van der Waals surface area contributed by atoms with Crippen LogP contribution in [0.5, 0.6) is 0 Å². The molecule has 1 amide bonds. The molecule has 4 rings (SSSR count). The second kappa shape index (κ2) is 7.55. The summed E-state index contributed by atoms with van der Waals surface area (Å²) in [5.41, 5.74) is 11.4. The maximum absolute atomic E-state index is 12.3. The van der Waals surface area contributed by atoms with E-state index in [1.54, 1.807) is 12.4 Å². The molecule has 136 valence electrons. The van der Waals surface area contributed by atoms with Crippen LogP contribution in [0.1, 0.15) is 12.0 Å². The zero-order valence-corrected chi connectivity index (χ0v) is 14.7. The number of benzene rings is 1. The summed E-state index contributed by atoms with van der Waals surface area (Å²) in [5.74, 6) is -0.0433. The number of amides is 1. The lowest BCUT2D eigenvalue weighted by Crippen LogP contribution is -2.39. The largest absolute Gasteiger partial charge is 0.384 e. The second-order valence-corrected chi connectivity index (χ2v) is 6.67. The number of nitrogens with zero attached hydrogens (tertiary/aromatic N) is 2. The minimum Gasteiger partial charge on any atom is -0.384 e. The highest BCUT2D eigenvalue weighted by Gasteiger charge is 2.29. The molecule has 3 atom stereocenters. The number of carbonyl (C=O) groups is 1. The molecular weight excluding hydrogens is 338 g/mol. The first-order chi connectivity index (χ1) is 13.2. The van der Waals surface area contributed by atoms with E-state index in [-0.39, 0.29) is 17.9 Å². The van der Waals surface area contributed by atoms with Gasteiger partial charge in [-0.15, -0.1) is 0 Å². The first-order valence-electron chi connectivity index (χ1n) is 8.94. The van der Waals surface area contributed by atoms with Crippen LogP contribution in [0.3, 0.4) is 0 Å². The number of allylic oxidation sites excluding steroid dienone is 2. The predicted molar refractivity (Wildman–Crippen MR) is 107 cm³/mol. The van der Waals surface area contributed by atoms with Crippen LogP contribution in [-0.2, 0) is 4.79 Å². The van der Waals surface area contributed by atoms with Gasteiger partial charge >= 0.3 is 0 Å². The highest BCUT2D eigenvalue weighted by molar-refractivity contribution is 5.97. The van der Waals surface area contributed by atoms with Gasteiger partial charge in [0.1, 0.15) is 0 Å². The minimum absolute atomic E-state index is 0.261. The van der Waals surface area contributed by atoms with E-state index in [2.05, 4.69) is 33.0 Å². The fourth-order valence-corrected chi connectivity index (χ4v) is 3.44. The molecule has 1 aromatic carbocycles. The summed E-state index contributed by atoms with van der Waals surface area (Å²) in [6, 6.07) is 9.30. The van der Waals surface area contributed by atoms with Gasteiger partial charge in [-0.3, -0.25) is 9.78 Å². The van der Waals surface area contributed by atoms with Crippen LogP contribution >= 0.6 is 0 Å². The number of fused-ring (bicyclic) bond motifs is 2. The number of carbonyl (C=O) groups excluding carboxylic acids is 1. The van der Waals surface area contributed by atoms with Gasteiger partial charge in [0.15, 0.2) is 0 Å². The Morgan fingerprint density at radius 3 is 3.07 bits per heavy atom. The molecule has 0 saturated heterocycles. The first-order valence-corrected chi connectivity index (χ1v) is 8.94. The molecule has 6 nitrogen and oxygen atoms in total. The molecule has 4 N–H and O–H groups in total. The molecule has 0 saturated carbocycles. The van der Waals surface area contributed by atoms with Gasteiger partial charge in [0.2, 0.25) is 0 Å². The van der Waals surface area contributed by atoms with Crippen molar-refractivity contribution in [1.29, 1.82) is 0 Å². The first kappa shape index (κ1) is 17.2. The van der Waals surface area contributed by atoms with E-state index >= 15 is 0 Å². The molecule has 3 unspecified atom stereocenters. The van der Waals surface area contributed by atoms with Gasteiger partial charge in [-0.05, 0) is 24.3 Å². The fourth-order valence-electron chi connectivity index (χ4n) is 3.44. The second-order valence-electron chi connectivity index (χ2n) is 6.67. The topological polar surface area (TPSA) is 92.4 Å². The Kier molecular flexibility index (Phi) is 4.80. The summed E-state index contributed by atoms with van der Waals surface area (Å²) < 4.78 is 0. The monoisotopic (exact) mass is 359 g/mol. The van der Waals surface area contributed by atoms with Crippen molar-refractivity contribution in [3.05, 3.63) is 78.2 Å². The van der Waals surface area contributed by atoms with E-state index in [1.165, 1.54) is 0 Å². The van der Waals surface area contributed by atoms with Crippen molar-refractivity contribution in [2.24, 2.45) is 16.8 Å². The van der Waals surface area contributed by atoms with Gasteiger partial charge in [-0.1, -0.05) is 48.6 Å².